The maximum absolute atomic E-state index is 13.7. The number of hydrogen-bond acceptors (Lipinski definition) is 5. The van der Waals surface area contributed by atoms with Crippen molar-refractivity contribution < 1.29 is 17.6 Å². The molecule has 0 radical (unpaired) electrons. The summed E-state index contributed by atoms with van der Waals surface area (Å²) in [6, 6.07) is 5.72. The van der Waals surface area contributed by atoms with E-state index in [1.54, 1.807) is 18.2 Å². The zero-order valence-corrected chi connectivity index (χ0v) is 13.8. The smallest absolute Gasteiger partial charge is 0.266 e. The fourth-order valence-corrected chi connectivity index (χ4v) is 5.60. The minimum atomic E-state index is -3.11. The van der Waals surface area contributed by atoms with E-state index in [9.17, 15) is 17.6 Å². The van der Waals surface area contributed by atoms with Crippen LogP contribution >= 0.6 is 24.0 Å². The van der Waals surface area contributed by atoms with Crippen LogP contribution in [0.5, 0.6) is 0 Å². The van der Waals surface area contributed by atoms with Gasteiger partial charge in [-0.3, -0.25) is 9.69 Å². The Kier molecular flexibility index (Phi) is 4.09. The average molecular weight is 357 g/mol. The molecule has 0 aliphatic carbocycles. The van der Waals surface area contributed by atoms with E-state index in [0.29, 0.717) is 21.2 Å². The third kappa shape index (κ3) is 2.95. The van der Waals surface area contributed by atoms with E-state index in [-0.39, 0.29) is 17.4 Å². The van der Waals surface area contributed by atoms with Crippen LogP contribution in [-0.4, -0.2) is 41.1 Å². The Bertz CT molecular complexity index is 788. The van der Waals surface area contributed by atoms with Crippen molar-refractivity contribution in [3.8, 4) is 0 Å². The molecular formula is C14H12FNO3S3. The van der Waals surface area contributed by atoms with Gasteiger partial charge in [0.25, 0.3) is 5.91 Å². The van der Waals surface area contributed by atoms with E-state index in [1.165, 1.54) is 17.0 Å². The lowest BCUT2D eigenvalue weighted by atomic mass is 10.2. The lowest BCUT2D eigenvalue weighted by Gasteiger charge is -2.20. The number of halogens is 1. The molecule has 2 heterocycles. The minimum absolute atomic E-state index is 0.0631. The molecule has 2 aliphatic heterocycles. The largest absolute Gasteiger partial charge is 0.289 e. The van der Waals surface area contributed by atoms with E-state index in [2.05, 4.69) is 0 Å². The molecule has 8 heteroatoms. The number of nitrogens with zero attached hydrogens (tertiary/aromatic N) is 1. The van der Waals surface area contributed by atoms with Gasteiger partial charge in [-0.05, 0) is 18.6 Å². The Labute approximate surface area is 137 Å². The first-order valence-electron chi connectivity index (χ1n) is 6.59. The van der Waals surface area contributed by atoms with Gasteiger partial charge in [-0.25, -0.2) is 12.8 Å². The highest BCUT2D eigenvalue weighted by molar-refractivity contribution is 8.26. The maximum atomic E-state index is 13.7. The number of amides is 1. The molecular weight excluding hydrogens is 345 g/mol. The number of thiocarbonyl (C=S) groups is 1. The predicted octanol–water partition coefficient (Wildman–Crippen LogP) is 2.21. The van der Waals surface area contributed by atoms with Gasteiger partial charge in [0.1, 0.15) is 10.1 Å². The highest BCUT2D eigenvalue weighted by atomic mass is 32.2. The van der Waals surface area contributed by atoms with E-state index in [0.717, 1.165) is 11.8 Å². The van der Waals surface area contributed by atoms with Crippen molar-refractivity contribution in [3.05, 3.63) is 40.6 Å². The quantitative estimate of drug-likeness (QED) is 0.600. The second-order valence-electron chi connectivity index (χ2n) is 5.13. The molecule has 0 spiro atoms. The summed E-state index contributed by atoms with van der Waals surface area (Å²) in [4.78, 5) is 14.1. The standard InChI is InChI=1S/C14H12FNO3S3/c15-11-4-2-1-3-9(11)7-12-13(17)16(14(20)21-12)10-5-6-22(18,19)8-10/h1-4,7,10H,5-6,8H2/b12-7-/t10-/m0/s1. The van der Waals surface area contributed by atoms with E-state index < -0.39 is 21.7 Å². The highest BCUT2D eigenvalue weighted by Crippen LogP contribution is 2.36. The molecule has 0 aromatic heterocycles. The molecule has 0 unspecified atom stereocenters. The molecule has 1 amide bonds. The molecule has 0 bridgehead atoms. The van der Waals surface area contributed by atoms with Crippen LogP contribution in [0.1, 0.15) is 12.0 Å². The van der Waals surface area contributed by atoms with Gasteiger partial charge in [0.2, 0.25) is 0 Å². The summed E-state index contributed by atoms with van der Waals surface area (Å²) in [7, 11) is -3.11. The van der Waals surface area contributed by atoms with Crippen LogP contribution in [0.4, 0.5) is 4.39 Å². The molecule has 22 heavy (non-hydrogen) atoms. The van der Waals surface area contributed by atoms with Crippen molar-refractivity contribution in [1.82, 2.24) is 4.90 Å². The van der Waals surface area contributed by atoms with Crippen LogP contribution in [0.2, 0.25) is 0 Å². The molecule has 2 fully saturated rings. The number of thioether (sulfide) groups is 1. The monoisotopic (exact) mass is 357 g/mol. The van der Waals surface area contributed by atoms with Gasteiger partial charge in [0, 0.05) is 5.56 Å². The number of sulfone groups is 1. The summed E-state index contributed by atoms with van der Waals surface area (Å²) in [5.41, 5.74) is 0.307. The van der Waals surface area contributed by atoms with Crippen LogP contribution in [0.3, 0.4) is 0 Å². The maximum Gasteiger partial charge on any atom is 0.266 e. The van der Waals surface area contributed by atoms with E-state index in [1.807, 2.05) is 0 Å². The van der Waals surface area contributed by atoms with E-state index >= 15 is 0 Å². The third-order valence-corrected chi connectivity index (χ3v) is 6.67. The minimum Gasteiger partial charge on any atom is -0.289 e. The lowest BCUT2D eigenvalue weighted by Crippen LogP contribution is -2.39. The summed E-state index contributed by atoms with van der Waals surface area (Å²) < 4.78 is 37.2. The van der Waals surface area contributed by atoms with Gasteiger partial charge in [0.05, 0.1) is 22.5 Å². The Hall–Kier alpha value is -1.25. The predicted molar refractivity (Wildman–Crippen MR) is 88.5 cm³/mol. The van der Waals surface area contributed by atoms with E-state index in [4.69, 9.17) is 12.2 Å². The second-order valence-corrected chi connectivity index (χ2v) is 9.03. The Morgan fingerprint density at radius 2 is 2.09 bits per heavy atom. The van der Waals surface area contributed by atoms with Gasteiger partial charge >= 0.3 is 0 Å². The first-order valence-corrected chi connectivity index (χ1v) is 9.64. The van der Waals surface area contributed by atoms with Crippen molar-refractivity contribution in [1.29, 1.82) is 0 Å². The third-order valence-electron chi connectivity index (χ3n) is 3.59. The summed E-state index contributed by atoms with van der Waals surface area (Å²) in [6.07, 6.45) is 1.85. The highest BCUT2D eigenvalue weighted by Gasteiger charge is 2.42. The Morgan fingerprint density at radius 3 is 2.73 bits per heavy atom. The molecule has 4 nitrogen and oxygen atoms in total. The summed E-state index contributed by atoms with van der Waals surface area (Å²) in [6.45, 7) is 0. The number of rotatable bonds is 2. The number of hydrogen-bond donors (Lipinski definition) is 0. The zero-order chi connectivity index (χ0) is 15.9. The van der Waals surface area contributed by atoms with Gasteiger partial charge in [-0.2, -0.15) is 0 Å². The molecule has 1 aromatic rings. The molecule has 2 aliphatic rings. The van der Waals surface area contributed by atoms with Crippen molar-refractivity contribution in [2.24, 2.45) is 0 Å². The van der Waals surface area contributed by atoms with Crippen molar-refractivity contribution in [2.75, 3.05) is 11.5 Å². The first-order chi connectivity index (χ1) is 10.4. The van der Waals surface area contributed by atoms with Crippen LogP contribution in [0.25, 0.3) is 6.08 Å². The Morgan fingerprint density at radius 1 is 1.36 bits per heavy atom. The molecule has 1 atom stereocenters. The van der Waals surface area contributed by atoms with Gasteiger partial charge in [-0.1, -0.05) is 42.2 Å². The summed E-state index contributed by atoms with van der Waals surface area (Å²) in [5, 5.41) is 0. The van der Waals surface area contributed by atoms with Crippen LogP contribution in [0, 0.1) is 5.82 Å². The molecule has 116 valence electrons. The topological polar surface area (TPSA) is 54.5 Å². The van der Waals surface area contributed by atoms with Crippen LogP contribution in [0.15, 0.2) is 29.2 Å². The van der Waals surface area contributed by atoms with Gasteiger partial charge in [-0.15, -0.1) is 0 Å². The van der Waals surface area contributed by atoms with Crippen molar-refractivity contribution >= 4 is 50.1 Å². The molecule has 0 saturated carbocycles. The normalized spacial score (nSPS) is 26.1. The summed E-state index contributed by atoms with van der Waals surface area (Å²) >= 11 is 6.27. The van der Waals surface area contributed by atoms with Gasteiger partial charge < -0.3 is 0 Å². The molecule has 3 rings (SSSR count). The first kappa shape index (κ1) is 15.6. The number of carbonyl (C=O) groups is 1. The fourth-order valence-electron chi connectivity index (χ4n) is 2.51. The zero-order valence-electron chi connectivity index (χ0n) is 11.4. The molecule has 0 N–H and O–H groups in total. The number of carbonyl (C=O) groups excluding carboxylic acids is 1. The summed E-state index contributed by atoms with van der Waals surface area (Å²) in [5.74, 6) is -0.760. The SMILES string of the molecule is O=C1/C(=C/c2ccccc2F)SC(=S)N1[C@H]1CCS(=O)(=O)C1. The van der Waals surface area contributed by atoms with Crippen molar-refractivity contribution in [2.45, 2.75) is 12.5 Å². The average Bonchev–Trinajstić information content (AvgIpc) is 2.92. The molecule has 2 saturated heterocycles. The second kappa shape index (κ2) is 5.75. The molecule has 1 aromatic carbocycles. The number of benzene rings is 1. The lowest BCUT2D eigenvalue weighted by molar-refractivity contribution is -0.123. The van der Waals surface area contributed by atoms with Gasteiger partial charge in [0.15, 0.2) is 9.84 Å². The Balaban J connectivity index is 1.88. The fraction of sp³-hybridized carbons (Fsp3) is 0.286. The van der Waals surface area contributed by atoms with Crippen molar-refractivity contribution in [3.63, 3.8) is 0 Å². The van der Waals surface area contributed by atoms with Crippen LogP contribution < -0.4 is 0 Å². The van der Waals surface area contributed by atoms with Crippen LogP contribution in [-0.2, 0) is 14.6 Å².